The minimum Gasteiger partial charge on any atom is -0.383 e. The molecule has 1 aliphatic rings. The molecule has 1 saturated heterocycles. The van der Waals surface area contributed by atoms with Crippen molar-refractivity contribution in [1.29, 1.82) is 0 Å². The predicted molar refractivity (Wildman–Crippen MR) is 62.1 cm³/mol. The molecule has 2 unspecified atom stereocenters. The highest BCUT2D eigenvalue weighted by Crippen LogP contribution is 2.16. The summed E-state index contributed by atoms with van der Waals surface area (Å²) in [5, 5.41) is 0. The van der Waals surface area contributed by atoms with Crippen molar-refractivity contribution >= 4 is 10.2 Å². The van der Waals surface area contributed by atoms with Gasteiger partial charge >= 0.3 is 0 Å². The summed E-state index contributed by atoms with van der Waals surface area (Å²) in [5.74, 6) is 0.202. The molecule has 0 aliphatic carbocycles. The Hall–Kier alpha value is -0.210. The highest BCUT2D eigenvalue weighted by atomic mass is 32.2. The second-order valence-corrected chi connectivity index (χ2v) is 5.94. The quantitative estimate of drug-likeness (QED) is 0.623. The van der Waals surface area contributed by atoms with E-state index in [1.165, 1.54) is 11.4 Å². The van der Waals surface area contributed by atoms with E-state index in [9.17, 15) is 8.42 Å². The molecule has 6 nitrogen and oxygen atoms in total. The van der Waals surface area contributed by atoms with Crippen LogP contribution in [0.1, 0.15) is 13.3 Å². The third kappa shape index (κ3) is 3.67. The molecule has 1 aliphatic heterocycles. The van der Waals surface area contributed by atoms with Crippen LogP contribution in [0, 0.1) is 5.92 Å². The van der Waals surface area contributed by atoms with Gasteiger partial charge < -0.3 is 10.5 Å². The average Bonchev–Trinajstić information content (AvgIpc) is 2.22. The second-order valence-electron chi connectivity index (χ2n) is 4.18. The van der Waals surface area contributed by atoms with Crippen LogP contribution in [0.2, 0.25) is 0 Å². The fourth-order valence-electron chi connectivity index (χ4n) is 1.71. The zero-order chi connectivity index (χ0) is 12.2. The number of ether oxygens (including phenoxy) is 1. The molecular formula is C9H21N3O3S. The van der Waals surface area contributed by atoms with Gasteiger partial charge in [0.25, 0.3) is 10.2 Å². The Morgan fingerprint density at radius 3 is 2.81 bits per heavy atom. The SMILES string of the molecule is COCCNS(=O)(=O)N1CCC(N)C(C)C1. The lowest BCUT2D eigenvalue weighted by atomic mass is 9.96. The van der Waals surface area contributed by atoms with E-state index >= 15 is 0 Å². The van der Waals surface area contributed by atoms with Gasteiger partial charge in [0, 0.05) is 32.8 Å². The summed E-state index contributed by atoms with van der Waals surface area (Å²) in [6.45, 7) is 3.64. The highest BCUT2D eigenvalue weighted by Gasteiger charge is 2.30. The molecular weight excluding hydrogens is 230 g/mol. The first-order valence-corrected chi connectivity index (χ1v) is 6.90. The maximum absolute atomic E-state index is 11.8. The van der Waals surface area contributed by atoms with E-state index in [4.69, 9.17) is 10.5 Å². The molecule has 7 heteroatoms. The maximum atomic E-state index is 11.8. The van der Waals surface area contributed by atoms with Gasteiger partial charge in [-0.05, 0) is 12.3 Å². The number of hydrogen-bond donors (Lipinski definition) is 2. The molecule has 0 aromatic rings. The van der Waals surface area contributed by atoms with Crippen molar-refractivity contribution in [2.45, 2.75) is 19.4 Å². The smallest absolute Gasteiger partial charge is 0.279 e. The molecule has 0 spiro atoms. The summed E-state index contributed by atoms with van der Waals surface area (Å²) in [5.41, 5.74) is 5.84. The Kier molecular flexibility index (Phi) is 5.13. The van der Waals surface area contributed by atoms with Crippen LogP contribution in [0.5, 0.6) is 0 Å². The average molecular weight is 251 g/mol. The Morgan fingerprint density at radius 2 is 2.25 bits per heavy atom. The van der Waals surface area contributed by atoms with Crippen LogP contribution in [0.4, 0.5) is 0 Å². The summed E-state index contributed by atoms with van der Waals surface area (Å²) in [6, 6.07) is 0.102. The van der Waals surface area contributed by atoms with E-state index < -0.39 is 10.2 Å². The predicted octanol–water partition coefficient (Wildman–Crippen LogP) is -0.864. The minimum absolute atomic E-state index is 0.102. The van der Waals surface area contributed by atoms with Crippen LogP contribution in [-0.4, -0.2) is 52.1 Å². The van der Waals surface area contributed by atoms with Crippen molar-refractivity contribution in [1.82, 2.24) is 9.03 Å². The zero-order valence-electron chi connectivity index (χ0n) is 9.85. The molecule has 0 amide bonds. The standard InChI is InChI=1S/C9H21N3O3S/c1-8-7-12(5-3-9(8)10)16(13,14)11-4-6-15-2/h8-9,11H,3-7,10H2,1-2H3. The Morgan fingerprint density at radius 1 is 1.56 bits per heavy atom. The van der Waals surface area contributed by atoms with Crippen LogP contribution in [-0.2, 0) is 14.9 Å². The molecule has 2 atom stereocenters. The Bertz CT molecular complexity index is 307. The third-order valence-electron chi connectivity index (χ3n) is 2.86. The molecule has 1 heterocycles. The van der Waals surface area contributed by atoms with E-state index in [2.05, 4.69) is 4.72 Å². The zero-order valence-corrected chi connectivity index (χ0v) is 10.7. The van der Waals surface area contributed by atoms with Crippen molar-refractivity contribution < 1.29 is 13.2 Å². The first-order valence-electron chi connectivity index (χ1n) is 5.46. The highest BCUT2D eigenvalue weighted by molar-refractivity contribution is 7.87. The van der Waals surface area contributed by atoms with Gasteiger partial charge in [-0.15, -0.1) is 0 Å². The van der Waals surface area contributed by atoms with Gasteiger partial charge in [0.1, 0.15) is 0 Å². The van der Waals surface area contributed by atoms with Crippen LogP contribution in [0.25, 0.3) is 0 Å². The van der Waals surface area contributed by atoms with Gasteiger partial charge in [0.15, 0.2) is 0 Å². The van der Waals surface area contributed by atoms with Gasteiger partial charge in [-0.1, -0.05) is 6.92 Å². The number of nitrogens with zero attached hydrogens (tertiary/aromatic N) is 1. The normalized spacial score (nSPS) is 28.2. The van der Waals surface area contributed by atoms with Crippen LogP contribution >= 0.6 is 0 Å². The lowest BCUT2D eigenvalue weighted by Crippen LogP contribution is -2.51. The lowest BCUT2D eigenvalue weighted by Gasteiger charge is -2.34. The molecule has 1 fully saturated rings. The van der Waals surface area contributed by atoms with Crippen LogP contribution in [0.15, 0.2) is 0 Å². The first kappa shape index (κ1) is 13.9. The van der Waals surface area contributed by atoms with Gasteiger partial charge in [-0.25, -0.2) is 0 Å². The molecule has 0 aromatic carbocycles. The largest absolute Gasteiger partial charge is 0.383 e. The van der Waals surface area contributed by atoms with E-state index in [1.807, 2.05) is 6.92 Å². The van der Waals surface area contributed by atoms with Crippen molar-refractivity contribution in [2.24, 2.45) is 11.7 Å². The van der Waals surface area contributed by atoms with Gasteiger partial charge in [-0.3, -0.25) is 0 Å². The Balaban J connectivity index is 2.49. The van der Waals surface area contributed by atoms with E-state index in [0.29, 0.717) is 32.7 Å². The molecule has 16 heavy (non-hydrogen) atoms. The summed E-state index contributed by atoms with van der Waals surface area (Å²) in [7, 11) is -1.83. The monoisotopic (exact) mass is 251 g/mol. The topological polar surface area (TPSA) is 84.7 Å². The van der Waals surface area contributed by atoms with Crippen molar-refractivity contribution in [3.8, 4) is 0 Å². The molecule has 0 aromatic heterocycles. The van der Waals surface area contributed by atoms with Crippen LogP contribution in [0.3, 0.4) is 0 Å². The summed E-state index contributed by atoms with van der Waals surface area (Å²) >= 11 is 0. The number of piperidine rings is 1. The van der Waals surface area contributed by atoms with Crippen LogP contribution < -0.4 is 10.5 Å². The van der Waals surface area contributed by atoms with Crippen molar-refractivity contribution in [3.63, 3.8) is 0 Å². The fraction of sp³-hybridized carbons (Fsp3) is 1.00. The van der Waals surface area contributed by atoms with E-state index in [1.54, 1.807) is 0 Å². The third-order valence-corrected chi connectivity index (χ3v) is 4.45. The van der Waals surface area contributed by atoms with Gasteiger partial charge in [-0.2, -0.15) is 17.4 Å². The summed E-state index contributed by atoms with van der Waals surface area (Å²) in [6.07, 6.45) is 0.715. The molecule has 96 valence electrons. The fourth-order valence-corrected chi connectivity index (χ4v) is 3.01. The summed E-state index contributed by atoms with van der Waals surface area (Å²) in [4.78, 5) is 0. The van der Waals surface area contributed by atoms with Gasteiger partial charge in [0.05, 0.1) is 6.61 Å². The number of nitrogens with two attached hydrogens (primary N) is 1. The molecule has 1 rings (SSSR count). The lowest BCUT2D eigenvalue weighted by molar-refractivity contribution is 0.202. The van der Waals surface area contributed by atoms with E-state index in [0.717, 1.165) is 0 Å². The Labute approximate surface area is 97.3 Å². The number of methoxy groups -OCH3 is 1. The number of nitrogens with one attached hydrogen (secondary N) is 1. The number of hydrogen-bond acceptors (Lipinski definition) is 4. The van der Waals surface area contributed by atoms with Crippen molar-refractivity contribution in [2.75, 3.05) is 33.4 Å². The van der Waals surface area contributed by atoms with Crippen molar-refractivity contribution in [3.05, 3.63) is 0 Å². The summed E-state index contributed by atoms with van der Waals surface area (Å²) < 4.78 is 32.4. The number of rotatable bonds is 5. The molecule has 0 radical (unpaired) electrons. The van der Waals surface area contributed by atoms with Gasteiger partial charge in [0.2, 0.25) is 0 Å². The van der Waals surface area contributed by atoms with E-state index in [-0.39, 0.29) is 12.0 Å². The second kappa shape index (κ2) is 5.92. The molecule has 0 bridgehead atoms. The minimum atomic E-state index is -3.36. The molecule has 0 saturated carbocycles. The molecule has 3 N–H and O–H groups in total. The first-order chi connectivity index (χ1) is 7.47. The maximum Gasteiger partial charge on any atom is 0.279 e.